The zero-order chi connectivity index (χ0) is 29.4. The summed E-state index contributed by atoms with van der Waals surface area (Å²) < 4.78 is 5.74. The van der Waals surface area contributed by atoms with E-state index in [1.807, 2.05) is 30.3 Å². The molecule has 3 amide bonds. The molecule has 1 aromatic carbocycles. The van der Waals surface area contributed by atoms with Gasteiger partial charge in [0.2, 0.25) is 11.8 Å². The van der Waals surface area contributed by atoms with E-state index in [-0.39, 0.29) is 18.2 Å². The fraction of sp³-hybridized carbons (Fsp3) is 0.433. The van der Waals surface area contributed by atoms with Crippen molar-refractivity contribution in [2.24, 2.45) is 5.92 Å². The minimum atomic E-state index is -0.878. The molecule has 0 aliphatic carbocycles. The van der Waals surface area contributed by atoms with E-state index < -0.39 is 42.0 Å². The van der Waals surface area contributed by atoms with Gasteiger partial charge in [0.15, 0.2) is 0 Å². The van der Waals surface area contributed by atoms with Crippen LogP contribution in [0, 0.1) is 5.92 Å². The largest absolute Gasteiger partial charge is 0.457 e. The summed E-state index contributed by atoms with van der Waals surface area (Å²) in [6, 6.07) is 7.17. The van der Waals surface area contributed by atoms with Gasteiger partial charge in [-0.25, -0.2) is 10.4 Å². The van der Waals surface area contributed by atoms with E-state index in [9.17, 15) is 19.2 Å². The molecule has 1 aliphatic rings. The number of pyridine rings is 1. The molecule has 0 unspecified atom stereocenters. The molecule has 3 N–H and O–H groups in total. The number of hydrogen-bond donors (Lipinski definition) is 3. The molecule has 2 heterocycles. The summed E-state index contributed by atoms with van der Waals surface area (Å²) in [7, 11) is 0. The maximum atomic E-state index is 13.1. The molecule has 1 aromatic heterocycles. The van der Waals surface area contributed by atoms with Crippen LogP contribution in [0.1, 0.15) is 64.3 Å². The highest BCUT2D eigenvalue weighted by molar-refractivity contribution is 5.92. The molecule has 214 valence electrons. The van der Waals surface area contributed by atoms with E-state index in [0.717, 1.165) is 22.2 Å². The van der Waals surface area contributed by atoms with E-state index in [1.54, 1.807) is 33.8 Å². The lowest BCUT2D eigenvalue weighted by Gasteiger charge is -2.35. The smallest absolute Gasteiger partial charge is 0.325 e. The van der Waals surface area contributed by atoms with Crippen molar-refractivity contribution >= 4 is 40.7 Å². The third-order valence-corrected chi connectivity index (χ3v) is 6.77. The number of hydrazine groups is 1. The standard InChI is InChI=1S/C30H39N5O5/c1-7-10-26(36)33-27(18(3)4)28(37)31-19(5)29(38)35-16-9-11-24(34-35)30(39)40-20(6)22-13-12-21-14-15-23(8-2)32-25(21)17-22/h7-8,12-15,17-20,24,27,34H,1-2,9-11,16H2,3-6H3,(H,31,37)(H,33,36)/t19-,20+,24-,27-/m0/s1. The summed E-state index contributed by atoms with van der Waals surface area (Å²) in [5.41, 5.74) is 5.30. The summed E-state index contributed by atoms with van der Waals surface area (Å²) in [5.74, 6) is -1.83. The van der Waals surface area contributed by atoms with E-state index in [2.05, 4.69) is 34.2 Å². The number of carbonyl (C=O) groups is 4. The molecular formula is C30H39N5O5. The summed E-state index contributed by atoms with van der Waals surface area (Å²) in [6.45, 7) is 14.6. The third-order valence-electron chi connectivity index (χ3n) is 6.77. The Hall–Kier alpha value is -4.05. The average Bonchev–Trinajstić information content (AvgIpc) is 2.94. The second-order valence-corrected chi connectivity index (χ2v) is 10.3. The number of esters is 1. The lowest BCUT2D eigenvalue weighted by molar-refractivity contribution is -0.157. The van der Waals surface area contributed by atoms with Crippen molar-refractivity contribution in [2.75, 3.05) is 6.54 Å². The highest BCUT2D eigenvalue weighted by atomic mass is 16.5. The van der Waals surface area contributed by atoms with Gasteiger partial charge >= 0.3 is 5.97 Å². The molecule has 10 heteroatoms. The molecule has 1 saturated heterocycles. The Kier molecular flexibility index (Phi) is 10.6. The molecule has 2 aromatic rings. The van der Waals surface area contributed by atoms with Crippen molar-refractivity contribution in [3.05, 3.63) is 60.8 Å². The van der Waals surface area contributed by atoms with Crippen LogP contribution in [0.4, 0.5) is 0 Å². The van der Waals surface area contributed by atoms with Crippen LogP contribution in [0.25, 0.3) is 17.0 Å². The van der Waals surface area contributed by atoms with Crippen molar-refractivity contribution in [2.45, 2.75) is 71.2 Å². The highest BCUT2D eigenvalue weighted by Crippen LogP contribution is 2.23. The zero-order valence-electron chi connectivity index (χ0n) is 23.6. The van der Waals surface area contributed by atoms with Crippen LogP contribution in [-0.4, -0.2) is 58.4 Å². The number of benzene rings is 1. The Labute approximate surface area is 235 Å². The number of nitrogens with one attached hydrogen (secondary N) is 3. The summed E-state index contributed by atoms with van der Waals surface area (Å²) in [4.78, 5) is 55.5. The number of nitrogens with zero attached hydrogens (tertiary/aromatic N) is 2. The number of fused-ring (bicyclic) bond motifs is 1. The second-order valence-electron chi connectivity index (χ2n) is 10.3. The minimum absolute atomic E-state index is 0.0901. The average molecular weight is 550 g/mol. The van der Waals surface area contributed by atoms with Crippen molar-refractivity contribution < 1.29 is 23.9 Å². The second kappa shape index (κ2) is 13.8. The van der Waals surface area contributed by atoms with Crippen LogP contribution in [0.15, 0.2) is 49.6 Å². The van der Waals surface area contributed by atoms with Gasteiger partial charge in [0.25, 0.3) is 5.91 Å². The first-order chi connectivity index (χ1) is 19.0. The molecule has 40 heavy (non-hydrogen) atoms. The van der Waals surface area contributed by atoms with E-state index in [4.69, 9.17) is 4.74 Å². The predicted molar refractivity (Wildman–Crippen MR) is 153 cm³/mol. The van der Waals surface area contributed by atoms with Gasteiger partial charge in [-0.05, 0) is 56.4 Å². The fourth-order valence-corrected chi connectivity index (χ4v) is 4.45. The summed E-state index contributed by atoms with van der Waals surface area (Å²) in [6.07, 6.45) is 3.79. The van der Waals surface area contributed by atoms with Crippen molar-refractivity contribution in [1.29, 1.82) is 0 Å². The van der Waals surface area contributed by atoms with Crippen LogP contribution >= 0.6 is 0 Å². The van der Waals surface area contributed by atoms with Gasteiger partial charge in [-0.2, -0.15) is 0 Å². The lowest BCUT2D eigenvalue weighted by Crippen LogP contribution is -2.61. The normalized spacial score (nSPS) is 17.4. The predicted octanol–water partition coefficient (Wildman–Crippen LogP) is 3.20. The number of rotatable bonds is 11. The molecule has 1 aliphatic heterocycles. The number of ether oxygens (including phenoxy) is 1. The third kappa shape index (κ3) is 7.75. The van der Waals surface area contributed by atoms with E-state index >= 15 is 0 Å². The van der Waals surface area contributed by atoms with Gasteiger partial charge in [0, 0.05) is 18.4 Å². The van der Waals surface area contributed by atoms with Gasteiger partial charge in [0.05, 0.1) is 11.2 Å². The van der Waals surface area contributed by atoms with Crippen molar-refractivity contribution in [3.63, 3.8) is 0 Å². The van der Waals surface area contributed by atoms with Crippen LogP contribution in [0.5, 0.6) is 0 Å². The Morgan fingerprint density at radius 1 is 1.12 bits per heavy atom. The van der Waals surface area contributed by atoms with Gasteiger partial charge in [-0.1, -0.05) is 44.7 Å². The first-order valence-electron chi connectivity index (χ1n) is 13.6. The minimum Gasteiger partial charge on any atom is -0.457 e. The molecule has 10 nitrogen and oxygen atoms in total. The van der Waals surface area contributed by atoms with Gasteiger partial charge in [0.1, 0.15) is 24.2 Å². The Morgan fingerprint density at radius 3 is 2.52 bits per heavy atom. The molecule has 0 radical (unpaired) electrons. The van der Waals surface area contributed by atoms with E-state index in [1.165, 1.54) is 11.1 Å². The van der Waals surface area contributed by atoms with Crippen molar-refractivity contribution in [3.8, 4) is 0 Å². The van der Waals surface area contributed by atoms with Gasteiger partial charge in [-0.3, -0.25) is 24.2 Å². The quantitative estimate of drug-likeness (QED) is 0.290. The number of aromatic nitrogens is 1. The van der Waals surface area contributed by atoms with Crippen LogP contribution < -0.4 is 16.1 Å². The first-order valence-corrected chi connectivity index (χ1v) is 13.6. The lowest BCUT2D eigenvalue weighted by atomic mass is 10.0. The molecule has 0 spiro atoms. The molecular weight excluding hydrogens is 510 g/mol. The Bertz CT molecular complexity index is 1280. The zero-order valence-corrected chi connectivity index (χ0v) is 23.6. The van der Waals surface area contributed by atoms with Crippen LogP contribution in [0.3, 0.4) is 0 Å². The Morgan fingerprint density at radius 2 is 1.85 bits per heavy atom. The number of carbonyl (C=O) groups excluding carboxylic acids is 4. The molecule has 4 atom stereocenters. The van der Waals surface area contributed by atoms with E-state index in [0.29, 0.717) is 19.4 Å². The number of amides is 3. The summed E-state index contributed by atoms with van der Waals surface area (Å²) in [5, 5.41) is 7.68. The molecule has 0 saturated carbocycles. The van der Waals surface area contributed by atoms with Crippen molar-refractivity contribution in [1.82, 2.24) is 26.1 Å². The maximum absolute atomic E-state index is 13.1. The molecule has 3 rings (SSSR count). The monoisotopic (exact) mass is 549 g/mol. The summed E-state index contributed by atoms with van der Waals surface area (Å²) >= 11 is 0. The van der Waals surface area contributed by atoms with Gasteiger partial charge in [-0.15, -0.1) is 6.58 Å². The van der Waals surface area contributed by atoms with Crippen LogP contribution in [-0.2, 0) is 23.9 Å². The van der Waals surface area contributed by atoms with Crippen LogP contribution in [0.2, 0.25) is 0 Å². The first kappa shape index (κ1) is 30.5. The molecule has 1 fully saturated rings. The number of hydrogen-bond acceptors (Lipinski definition) is 7. The topological polar surface area (TPSA) is 130 Å². The SMILES string of the molecule is C=CCC(=O)N[C@H](C(=O)N[C@@H](C)C(=O)N1CCC[C@@H](C(=O)O[C@H](C)c2ccc3ccc(C=C)nc3c2)N1)C(C)C. The van der Waals surface area contributed by atoms with Gasteiger partial charge < -0.3 is 15.4 Å². The fourth-order valence-electron chi connectivity index (χ4n) is 4.45. The Balaban J connectivity index is 1.59. The molecule has 0 bridgehead atoms. The highest BCUT2D eigenvalue weighted by Gasteiger charge is 2.33. The maximum Gasteiger partial charge on any atom is 0.325 e.